The summed E-state index contributed by atoms with van der Waals surface area (Å²) < 4.78 is 22.4. The highest BCUT2D eigenvalue weighted by atomic mass is 16.6. The highest BCUT2D eigenvalue weighted by Gasteiger charge is 2.18. The van der Waals surface area contributed by atoms with Crippen molar-refractivity contribution in [1.82, 2.24) is 5.32 Å². The molecule has 4 rings (SSSR count). The first-order valence-electron chi connectivity index (χ1n) is 9.55. The molecule has 0 saturated carbocycles. The molecule has 1 atom stereocenters. The van der Waals surface area contributed by atoms with Gasteiger partial charge in [0.2, 0.25) is 0 Å². The molecule has 0 bridgehead atoms. The van der Waals surface area contributed by atoms with Crippen LogP contribution in [0.5, 0.6) is 17.2 Å². The average molecular weight is 404 g/mol. The van der Waals surface area contributed by atoms with Crippen LogP contribution in [0.15, 0.2) is 59.0 Å². The Balaban J connectivity index is 1.37. The average Bonchev–Trinajstić information content (AvgIpc) is 3.26. The van der Waals surface area contributed by atoms with Crippen LogP contribution in [0.4, 0.5) is 0 Å². The van der Waals surface area contributed by atoms with Crippen LogP contribution in [0.2, 0.25) is 0 Å². The molecule has 1 aliphatic rings. The first-order chi connectivity index (χ1) is 14.6. The third kappa shape index (κ3) is 4.23. The fourth-order valence-corrected chi connectivity index (χ4v) is 3.09. The fraction of sp³-hybridized carbons (Fsp3) is 0.217. The molecule has 7 heteroatoms. The predicted octanol–water partition coefficient (Wildman–Crippen LogP) is 3.99. The minimum absolute atomic E-state index is 0.115. The molecule has 1 aromatic heterocycles. The molecule has 0 fully saturated rings. The second kappa shape index (κ2) is 8.62. The molecule has 2 heterocycles. The SMILES string of the molecule is CC(NC(=O)c1ccc(COc2ccccc2C#N)o1)c1ccc2c(c1)OCCO2. The summed E-state index contributed by atoms with van der Waals surface area (Å²) in [6.45, 7) is 3.04. The van der Waals surface area contributed by atoms with Crippen molar-refractivity contribution in [2.24, 2.45) is 0 Å². The zero-order valence-electron chi connectivity index (χ0n) is 16.4. The molecule has 30 heavy (non-hydrogen) atoms. The summed E-state index contributed by atoms with van der Waals surface area (Å²) in [5.74, 6) is 2.19. The van der Waals surface area contributed by atoms with Gasteiger partial charge in [-0.2, -0.15) is 5.26 Å². The number of hydrogen-bond acceptors (Lipinski definition) is 6. The number of benzene rings is 2. The monoisotopic (exact) mass is 404 g/mol. The van der Waals surface area contributed by atoms with Gasteiger partial charge >= 0.3 is 0 Å². The molecule has 0 aliphatic carbocycles. The fourth-order valence-electron chi connectivity index (χ4n) is 3.09. The molecule has 2 aromatic carbocycles. The first-order valence-corrected chi connectivity index (χ1v) is 9.55. The van der Waals surface area contributed by atoms with Crippen LogP contribution in [0.1, 0.15) is 40.4 Å². The highest BCUT2D eigenvalue weighted by molar-refractivity contribution is 5.91. The van der Waals surface area contributed by atoms with E-state index in [0.717, 1.165) is 5.56 Å². The van der Waals surface area contributed by atoms with E-state index in [1.165, 1.54) is 0 Å². The van der Waals surface area contributed by atoms with Gasteiger partial charge in [-0.25, -0.2) is 0 Å². The maximum absolute atomic E-state index is 12.6. The minimum Gasteiger partial charge on any atom is -0.486 e. The van der Waals surface area contributed by atoms with Gasteiger partial charge in [-0.3, -0.25) is 4.79 Å². The number of rotatable bonds is 6. The van der Waals surface area contributed by atoms with Gasteiger partial charge in [0.05, 0.1) is 11.6 Å². The summed E-state index contributed by atoms with van der Waals surface area (Å²) in [6.07, 6.45) is 0. The number of ether oxygens (including phenoxy) is 3. The van der Waals surface area contributed by atoms with E-state index in [1.54, 1.807) is 36.4 Å². The van der Waals surface area contributed by atoms with Crippen molar-refractivity contribution in [3.8, 4) is 23.3 Å². The second-order valence-electron chi connectivity index (χ2n) is 6.76. The maximum atomic E-state index is 12.6. The van der Waals surface area contributed by atoms with Crippen molar-refractivity contribution in [1.29, 1.82) is 5.26 Å². The molecule has 7 nitrogen and oxygen atoms in total. The van der Waals surface area contributed by atoms with Crippen LogP contribution >= 0.6 is 0 Å². The summed E-state index contributed by atoms with van der Waals surface area (Å²) in [6, 6.07) is 17.7. The molecule has 0 spiro atoms. The largest absolute Gasteiger partial charge is 0.486 e. The van der Waals surface area contributed by atoms with E-state index in [0.29, 0.717) is 41.8 Å². The Bertz CT molecular complexity index is 1100. The molecule has 1 N–H and O–H groups in total. The van der Waals surface area contributed by atoms with Gasteiger partial charge < -0.3 is 23.9 Å². The number of fused-ring (bicyclic) bond motifs is 1. The smallest absolute Gasteiger partial charge is 0.287 e. The standard InChI is InChI=1S/C23H20N2O5/c1-15(16-6-8-20-22(12-16)28-11-10-27-20)25-23(26)21-9-7-18(30-21)14-29-19-5-3-2-4-17(19)13-24/h2-9,12,15H,10-11,14H2,1H3,(H,25,26). The van der Waals surface area contributed by atoms with E-state index in [2.05, 4.69) is 11.4 Å². The quantitative estimate of drug-likeness (QED) is 0.668. The van der Waals surface area contributed by atoms with Crippen LogP contribution < -0.4 is 19.5 Å². The summed E-state index contributed by atoms with van der Waals surface area (Å²) >= 11 is 0. The van der Waals surface area contributed by atoms with Crippen molar-refractivity contribution < 1.29 is 23.4 Å². The topological polar surface area (TPSA) is 93.7 Å². The van der Waals surface area contributed by atoms with Crippen LogP contribution in [0, 0.1) is 11.3 Å². The minimum atomic E-state index is -0.332. The summed E-state index contributed by atoms with van der Waals surface area (Å²) in [4.78, 5) is 12.6. The van der Waals surface area contributed by atoms with Crippen molar-refractivity contribution in [3.63, 3.8) is 0 Å². The Hall–Kier alpha value is -3.92. The van der Waals surface area contributed by atoms with Crippen LogP contribution in [-0.4, -0.2) is 19.1 Å². The zero-order valence-corrected chi connectivity index (χ0v) is 16.4. The Morgan fingerprint density at radius 2 is 1.93 bits per heavy atom. The van der Waals surface area contributed by atoms with Gasteiger partial charge in [0.1, 0.15) is 37.4 Å². The van der Waals surface area contributed by atoms with E-state index < -0.39 is 0 Å². The molecular formula is C23H20N2O5. The number of hydrogen-bond donors (Lipinski definition) is 1. The molecule has 3 aromatic rings. The van der Waals surface area contributed by atoms with Crippen molar-refractivity contribution in [2.45, 2.75) is 19.6 Å². The number of nitrogens with one attached hydrogen (secondary N) is 1. The highest BCUT2D eigenvalue weighted by Crippen LogP contribution is 2.32. The van der Waals surface area contributed by atoms with Crippen molar-refractivity contribution >= 4 is 5.91 Å². The van der Waals surface area contributed by atoms with Crippen molar-refractivity contribution in [2.75, 3.05) is 13.2 Å². The molecular weight excluding hydrogens is 384 g/mol. The number of carbonyl (C=O) groups excluding carboxylic acids is 1. The Morgan fingerprint density at radius 3 is 2.77 bits per heavy atom. The van der Waals surface area contributed by atoms with E-state index in [4.69, 9.17) is 23.9 Å². The van der Waals surface area contributed by atoms with E-state index in [9.17, 15) is 4.79 Å². The normalized spacial score (nSPS) is 13.2. The number of furan rings is 1. The van der Waals surface area contributed by atoms with Gasteiger partial charge in [-0.1, -0.05) is 18.2 Å². The molecule has 0 radical (unpaired) electrons. The van der Waals surface area contributed by atoms with Gasteiger partial charge in [-0.05, 0) is 48.9 Å². The molecule has 1 unspecified atom stereocenters. The van der Waals surface area contributed by atoms with E-state index in [-0.39, 0.29) is 24.3 Å². The lowest BCUT2D eigenvalue weighted by atomic mass is 10.1. The first kappa shape index (κ1) is 19.4. The van der Waals surface area contributed by atoms with Crippen LogP contribution in [0.25, 0.3) is 0 Å². The second-order valence-corrected chi connectivity index (χ2v) is 6.76. The lowest BCUT2D eigenvalue weighted by molar-refractivity contribution is 0.0907. The van der Waals surface area contributed by atoms with Crippen LogP contribution in [-0.2, 0) is 6.61 Å². The third-order valence-electron chi connectivity index (χ3n) is 4.68. The van der Waals surface area contributed by atoms with Gasteiger partial charge in [0, 0.05) is 0 Å². The van der Waals surface area contributed by atoms with E-state index >= 15 is 0 Å². The summed E-state index contributed by atoms with van der Waals surface area (Å²) in [5.41, 5.74) is 1.34. The predicted molar refractivity (Wildman–Crippen MR) is 108 cm³/mol. The maximum Gasteiger partial charge on any atom is 0.287 e. The Morgan fingerprint density at radius 1 is 1.13 bits per heavy atom. The summed E-state index contributed by atoms with van der Waals surface area (Å²) in [5, 5.41) is 12.0. The molecule has 152 valence electrons. The van der Waals surface area contributed by atoms with Crippen molar-refractivity contribution in [3.05, 3.63) is 77.2 Å². The number of nitriles is 1. The number of carbonyl (C=O) groups is 1. The third-order valence-corrected chi connectivity index (χ3v) is 4.68. The van der Waals surface area contributed by atoms with Crippen LogP contribution in [0.3, 0.4) is 0 Å². The lowest BCUT2D eigenvalue weighted by Gasteiger charge is -2.21. The van der Waals surface area contributed by atoms with Gasteiger partial charge in [0.25, 0.3) is 5.91 Å². The Kier molecular flexibility index (Phi) is 5.57. The number of nitrogens with zero attached hydrogens (tertiary/aromatic N) is 1. The lowest BCUT2D eigenvalue weighted by Crippen LogP contribution is -2.26. The number of amides is 1. The van der Waals surface area contributed by atoms with Gasteiger partial charge in [0.15, 0.2) is 17.3 Å². The molecule has 0 saturated heterocycles. The Labute approximate surface area is 173 Å². The molecule has 1 amide bonds. The number of para-hydroxylation sites is 1. The van der Waals surface area contributed by atoms with E-state index in [1.807, 2.05) is 25.1 Å². The molecule has 1 aliphatic heterocycles. The van der Waals surface area contributed by atoms with Gasteiger partial charge in [-0.15, -0.1) is 0 Å². The zero-order chi connectivity index (χ0) is 20.9. The summed E-state index contributed by atoms with van der Waals surface area (Å²) in [7, 11) is 0.